The van der Waals surface area contributed by atoms with Gasteiger partial charge in [0, 0.05) is 16.7 Å². The van der Waals surface area contributed by atoms with Crippen LogP contribution < -0.4 is 0 Å². The Morgan fingerprint density at radius 1 is 0.279 bits per heavy atom. The van der Waals surface area contributed by atoms with Crippen LogP contribution in [0.15, 0.2) is 218 Å². The van der Waals surface area contributed by atoms with Crippen LogP contribution >= 0.6 is 0 Å². The van der Waals surface area contributed by atoms with Gasteiger partial charge >= 0.3 is 0 Å². The van der Waals surface area contributed by atoms with Crippen molar-refractivity contribution >= 4 is 32.3 Å². The van der Waals surface area contributed by atoms with Crippen LogP contribution in [0.3, 0.4) is 0 Å². The fourth-order valence-electron chi connectivity index (χ4n) is 10.7. The van der Waals surface area contributed by atoms with Gasteiger partial charge in [-0.25, -0.2) is 9.97 Å². The lowest BCUT2D eigenvalue weighted by Gasteiger charge is -2.30. The first-order valence-corrected chi connectivity index (χ1v) is 21.1. The van der Waals surface area contributed by atoms with Gasteiger partial charge in [0.2, 0.25) is 0 Å². The van der Waals surface area contributed by atoms with Gasteiger partial charge in [-0.15, -0.1) is 0 Å². The summed E-state index contributed by atoms with van der Waals surface area (Å²) in [6.45, 7) is 0. The Hall–Kier alpha value is -7.94. The number of benzene rings is 10. The highest BCUT2D eigenvalue weighted by Crippen LogP contribution is 2.64. The predicted octanol–water partition coefficient (Wildman–Crippen LogP) is 14.9. The van der Waals surface area contributed by atoms with Crippen LogP contribution in [0.1, 0.15) is 22.3 Å². The molecule has 2 heteroatoms. The summed E-state index contributed by atoms with van der Waals surface area (Å²) in [5.74, 6) is 0.715. The molecule has 0 N–H and O–H groups in total. The van der Waals surface area contributed by atoms with Crippen molar-refractivity contribution in [3.8, 4) is 67.3 Å². The topological polar surface area (TPSA) is 25.8 Å². The minimum Gasteiger partial charge on any atom is -0.228 e. The monoisotopic (exact) mass is 772 g/mol. The molecule has 0 saturated heterocycles. The lowest BCUT2D eigenvalue weighted by molar-refractivity contribution is 0.794. The summed E-state index contributed by atoms with van der Waals surface area (Å²) < 4.78 is 0. The summed E-state index contributed by atoms with van der Waals surface area (Å²) in [5.41, 5.74) is 17.2. The lowest BCUT2D eigenvalue weighted by atomic mass is 9.70. The lowest BCUT2D eigenvalue weighted by Crippen LogP contribution is -2.25. The van der Waals surface area contributed by atoms with Crippen LogP contribution in [0.5, 0.6) is 0 Å². The molecule has 0 radical (unpaired) electrons. The molecule has 0 amide bonds. The first-order valence-electron chi connectivity index (χ1n) is 21.1. The molecule has 2 nitrogen and oxygen atoms in total. The van der Waals surface area contributed by atoms with Crippen LogP contribution in [0, 0.1) is 0 Å². The van der Waals surface area contributed by atoms with Crippen molar-refractivity contribution in [1.29, 1.82) is 0 Å². The number of aromatic nitrogens is 2. The number of rotatable bonds is 4. The second kappa shape index (κ2) is 13.0. The fourth-order valence-corrected chi connectivity index (χ4v) is 10.7. The minimum atomic E-state index is -0.450. The van der Waals surface area contributed by atoms with E-state index in [1.165, 1.54) is 77.2 Å². The molecule has 0 fully saturated rings. The highest BCUT2D eigenvalue weighted by Gasteiger charge is 2.52. The Kier molecular flexibility index (Phi) is 7.26. The van der Waals surface area contributed by atoms with E-state index in [1.54, 1.807) is 0 Å². The van der Waals surface area contributed by atoms with Gasteiger partial charge in [-0.3, -0.25) is 0 Å². The van der Waals surface area contributed by atoms with Crippen molar-refractivity contribution in [2.45, 2.75) is 5.41 Å². The molecule has 0 bridgehead atoms. The molecule has 11 aromatic rings. The van der Waals surface area contributed by atoms with Gasteiger partial charge in [0.15, 0.2) is 5.82 Å². The Balaban J connectivity index is 1.11. The zero-order chi connectivity index (χ0) is 40.1. The first kappa shape index (κ1) is 34.0. The molecule has 61 heavy (non-hydrogen) atoms. The maximum Gasteiger partial charge on any atom is 0.161 e. The molecule has 1 heterocycles. The number of hydrogen-bond acceptors (Lipinski definition) is 2. The zero-order valence-corrected chi connectivity index (χ0v) is 33.2. The number of hydrogen-bond donors (Lipinski definition) is 0. The van der Waals surface area contributed by atoms with Crippen LogP contribution in [0.2, 0.25) is 0 Å². The van der Waals surface area contributed by atoms with E-state index in [0.29, 0.717) is 5.82 Å². The van der Waals surface area contributed by atoms with Crippen LogP contribution in [0.25, 0.3) is 99.6 Å². The van der Waals surface area contributed by atoms with E-state index in [1.807, 2.05) is 0 Å². The predicted molar refractivity (Wildman–Crippen MR) is 253 cm³/mol. The fraction of sp³-hybridized carbons (Fsp3) is 0.0169. The highest BCUT2D eigenvalue weighted by atomic mass is 14.9. The quantitative estimate of drug-likeness (QED) is 0.132. The van der Waals surface area contributed by atoms with Crippen molar-refractivity contribution in [3.63, 3.8) is 0 Å². The average Bonchev–Trinajstić information content (AvgIpc) is 3.81. The van der Waals surface area contributed by atoms with E-state index in [-0.39, 0.29) is 0 Å². The van der Waals surface area contributed by atoms with Crippen molar-refractivity contribution in [1.82, 2.24) is 9.97 Å². The molecule has 13 rings (SSSR count). The van der Waals surface area contributed by atoms with Gasteiger partial charge in [-0.05, 0) is 100 Å². The molecule has 1 spiro atoms. The van der Waals surface area contributed by atoms with Gasteiger partial charge in [-0.1, -0.05) is 206 Å². The molecular formula is C59H36N2. The van der Waals surface area contributed by atoms with Crippen molar-refractivity contribution in [2.75, 3.05) is 0 Å². The maximum atomic E-state index is 5.69. The summed E-state index contributed by atoms with van der Waals surface area (Å²) in [4.78, 5) is 11.2. The molecule has 0 atom stereocenters. The third-order valence-corrected chi connectivity index (χ3v) is 13.3. The van der Waals surface area contributed by atoms with Crippen molar-refractivity contribution in [3.05, 3.63) is 241 Å². The Morgan fingerprint density at radius 3 is 1.57 bits per heavy atom. The van der Waals surface area contributed by atoms with E-state index in [0.717, 1.165) is 38.9 Å². The Morgan fingerprint density at radius 2 is 0.820 bits per heavy atom. The van der Waals surface area contributed by atoms with Gasteiger partial charge < -0.3 is 0 Å². The van der Waals surface area contributed by atoms with Crippen LogP contribution in [-0.2, 0) is 5.41 Å². The third kappa shape index (κ3) is 4.85. The molecule has 0 saturated carbocycles. The molecule has 2 aliphatic carbocycles. The van der Waals surface area contributed by atoms with E-state index in [4.69, 9.17) is 9.97 Å². The van der Waals surface area contributed by atoms with E-state index in [2.05, 4.69) is 218 Å². The minimum absolute atomic E-state index is 0.450. The Labute approximate surface area is 354 Å². The van der Waals surface area contributed by atoms with E-state index in [9.17, 15) is 0 Å². The highest BCUT2D eigenvalue weighted by molar-refractivity contribution is 6.19. The molecule has 1 aromatic heterocycles. The SMILES string of the molecule is c1ccc(-c2ccc(-c3cc(-c4cccc5c4-c4ccccc4C54c5ccccc5-c5ccccc54)nc(-c4c5ccccc5cc5c4ccc4ccccc45)n3)cc2)cc1. The van der Waals surface area contributed by atoms with Crippen LogP contribution in [-0.4, -0.2) is 9.97 Å². The maximum absolute atomic E-state index is 5.69. The second-order valence-electron chi connectivity index (χ2n) is 16.4. The summed E-state index contributed by atoms with van der Waals surface area (Å²) >= 11 is 0. The van der Waals surface area contributed by atoms with Crippen molar-refractivity contribution in [2.24, 2.45) is 0 Å². The number of nitrogens with zero attached hydrogens (tertiary/aromatic N) is 2. The van der Waals surface area contributed by atoms with E-state index < -0.39 is 5.41 Å². The summed E-state index contributed by atoms with van der Waals surface area (Å²) in [5, 5.41) is 7.08. The van der Waals surface area contributed by atoms with Gasteiger partial charge in [-0.2, -0.15) is 0 Å². The summed E-state index contributed by atoms with van der Waals surface area (Å²) in [7, 11) is 0. The van der Waals surface area contributed by atoms with E-state index >= 15 is 0 Å². The molecular weight excluding hydrogens is 737 g/mol. The molecule has 0 unspecified atom stereocenters. The van der Waals surface area contributed by atoms with Gasteiger partial charge in [0.1, 0.15) is 0 Å². The third-order valence-electron chi connectivity index (χ3n) is 13.3. The molecule has 0 aliphatic heterocycles. The largest absolute Gasteiger partial charge is 0.228 e. The first-order chi connectivity index (χ1) is 30.3. The standard InChI is InChI=1S/C59H36N2/c1-2-15-37(16-3-1)38-29-31-40(32-30-38)54-36-55(61-58(60-54)57-43-20-7-5-18-41(43)35-49-42-19-6-4-17-39(42)33-34-46(49)57)48-24-14-28-53-56(48)47-23-10-13-27-52(47)59(53)50-25-11-8-21-44(50)45-22-9-12-26-51(45)59/h1-36H. The Bertz CT molecular complexity index is 3540. The summed E-state index contributed by atoms with van der Waals surface area (Å²) in [6, 6.07) is 79.7. The average molecular weight is 773 g/mol. The normalized spacial score (nSPS) is 13.0. The summed E-state index contributed by atoms with van der Waals surface area (Å²) in [6.07, 6.45) is 0. The molecule has 10 aromatic carbocycles. The smallest absolute Gasteiger partial charge is 0.161 e. The van der Waals surface area contributed by atoms with Crippen LogP contribution in [0.4, 0.5) is 0 Å². The number of fused-ring (bicyclic) bond motifs is 14. The van der Waals surface area contributed by atoms with Gasteiger partial charge in [0.05, 0.1) is 16.8 Å². The second-order valence-corrected chi connectivity index (χ2v) is 16.4. The van der Waals surface area contributed by atoms with Gasteiger partial charge in [0.25, 0.3) is 0 Å². The van der Waals surface area contributed by atoms with Crippen molar-refractivity contribution < 1.29 is 0 Å². The molecule has 2 aliphatic rings. The zero-order valence-electron chi connectivity index (χ0n) is 33.2. The molecule has 282 valence electrons.